The number of aliphatic carboxylic acids is 1. The van der Waals surface area contributed by atoms with Crippen LogP contribution >= 0.6 is 11.8 Å². The Labute approximate surface area is 335 Å². The molecular weight excluding hydrogens is 777 g/mol. The highest BCUT2D eigenvalue weighted by Gasteiger charge is 2.53. The maximum Gasteiger partial charge on any atom is 0.326 e. The molecule has 306 valence electrons. The lowest BCUT2D eigenvalue weighted by Crippen LogP contribution is -2.51. The van der Waals surface area contributed by atoms with Crippen molar-refractivity contribution in [3.63, 3.8) is 0 Å². The molecule has 4 atom stereocenters. The Morgan fingerprint density at radius 1 is 0.982 bits per heavy atom. The van der Waals surface area contributed by atoms with Gasteiger partial charge in [-0.3, -0.25) is 29.1 Å². The molecule has 4 heterocycles. The molecule has 0 aliphatic carbocycles. The Morgan fingerprint density at radius 3 is 2.39 bits per heavy atom. The van der Waals surface area contributed by atoms with Crippen LogP contribution < -0.4 is 20.9 Å². The summed E-state index contributed by atoms with van der Waals surface area (Å²) in [6.45, 7) is 7.04. The second-order valence-electron chi connectivity index (χ2n) is 14.1. The van der Waals surface area contributed by atoms with Crippen LogP contribution in [0.2, 0.25) is 0 Å². The first-order valence-electron chi connectivity index (χ1n) is 18.6. The van der Waals surface area contributed by atoms with Crippen LogP contribution in [-0.2, 0) is 49.7 Å². The van der Waals surface area contributed by atoms with Crippen LogP contribution in [0.15, 0.2) is 72.0 Å². The quantitative estimate of drug-likeness (QED) is 0.119. The minimum Gasteiger partial charge on any atom is -0.480 e. The molecule has 2 aliphatic heterocycles. The SMILES string of the molecule is CCNC(=O)CCOCCOCCNC(=O)CN1C(=O)C(c2ccc(C[C@H](NC(=O)[C@H]3C(S(=O)(=O)c4cccnc4)CSC3(C)C)C(=O)O)cc2)c2ncccc21. The van der Waals surface area contributed by atoms with Crippen molar-refractivity contribution >= 4 is 56.9 Å². The molecule has 57 heavy (non-hydrogen) atoms. The number of anilines is 1. The minimum absolute atomic E-state index is 0.00195. The van der Waals surface area contributed by atoms with Gasteiger partial charge in [0.1, 0.15) is 18.5 Å². The summed E-state index contributed by atoms with van der Waals surface area (Å²) in [6, 6.07) is 11.7. The van der Waals surface area contributed by atoms with Gasteiger partial charge in [0.05, 0.1) is 53.9 Å². The predicted molar refractivity (Wildman–Crippen MR) is 211 cm³/mol. The number of thioether (sulfide) groups is 1. The van der Waals surface area contributed by atoms with E-state index in [0.717, 1.165) is 0 Å². The fourth-order valence-electron chi connectivity index (χ4n) is 6.87. The van der Waals surface area contributed by atoms with Gasteiger partial charge in [0.25, 0.3) is 0 Å². The number of carboxylic acid groups (broad SMARTS) is 1. The first-order chi connectivity index (χ1) is 27.2. The topological polar surface area (TPSA) is 223 Å². The maximum atomic E-state index is 13.8. The second-order valence-corrected chi connectivity index (χ2v) is 17.9. The lowest BCUT2D eigenvalue weighted by Gasteiger charge is -2.29. The van der Waals surface area contributed by atoms with Gasteiger partial charge in [0, 0.05) is 55.0 Å². The molecule has 0 radical (unpaired) electrons. The number of amides is 4. The number of ether oxygens (including phenoxy) is 2. The Kier molecular flexibility index (Phi) is 14.8. The minimum atomic E-state index is -3.95. The summed E-state index contributed by atoms with van der Waals surface area (Å²) in [5.41, 5.74) is 2.11. The van der Waals surface area contributed by atoms with E-state index in [-0.39, 0.29) is 61.6 Å². The summed E-state index contributed by atoms with van der Waals surface area (Å²) in [5.74, 6) is -4.45. The fraction of sp³-hybridized carbons (Fsp3) is 0.462. The van der Waals surface area contributed by atoms with E-state index in [4.69, 9.17) is 9.47 Å². The number of rotatable bonds is 20. The van der Waals surface area contributed by atoms with E-state index in [1.807, 2.05) is 6.92 Å². The van der Waals surface area contributed by atoms with Gasteiger partial charge in [-0.15, -0.1) is 0 Å². The van der Waals surface area contributed by atoms with Crippen LogP contribution in [0.1, 0.15) is 49.9 Å². The van der Waals surface area contributed by atoms with E-state index in [1.54, 1.807) is 56.4 Å². The van der Waals surface area contributed by atoms with Crippen molar-refractivity contribution < 1.29 is 47.0 Å². The molecule has 0 spiro atoms. The Bertz CT molecular complexity index is 2020. The number of carbonyl (C=O) groups is 5. The zero-order chi connectivity index (χ0) is 41.2. The lowest BCUT2D eigenvalue weighted by molar-refractivity contribution is -0.142. The van der Waals surface area contributed by atoms with Gasteiger partial charge < -0.3 is 35.4 Å². The van der Waals surface area contributed by atoms with Crippen molar-refractivity contribution in [2.45, 2.75) is 60.5 Å². The van der Waals surface area contributed by atoms with Crippen LogP contribution in [0.3, 0.4) is 0 Å². The number of pyridine rings is 2. The van der Waals surface area contributed by atoms with Crippen LogP contribution in [-0.4, -0.2) is 121 Å². The van der Waals surface area contributed by atoms with E-state index in [0.29, 0.717) is 42.3 Å². The number of carboxylic acids is 1. The number of nitrogens with one attached hydrogen (secondary N) is 3. The van der Waals surface area contributed by atoms with Gasteiger partial charge in [-0.25, -0.2) is 13.2 Å². The van der Waals surface area contributed by atoms with Crippen LogP contribution in [0.4, 0.5) is 5.69 Å². The van der Waals surface area contributed by atoms with Gasteiger partial charge in [-0.1, -0.05) is 24.3 Å². The third-order valence-corrected chi connectivity index (χ3v) is 13.6. The number of hydrogen-bond donors (Lipinski definition) is 4. The van der Waals surface area contributed by atoms with Gasteiger partial charge in [-0.2, -0.15) is 11.8 Å². The summed E-state index contributed by atoms with van der Waals surface area (Å²) in [6.07, 6.45) is 4.43. The van der Waals surface area contributed by atoms with Crippen LogP contribution in [0.5, 0.6) is 0 Å². The lowest BCUT2D eigenvalue weighted by atomic mass is 9.90. The van der Waals surface area contributed by atoms with E-state index < -0.39 is 55.5 Å². The molecule has 3 aromatic rings. The average molecular weight is 825 g/mol. The van der Waals surface area contributed by atoms with Crippen molar-refractivity contribution in [1.82, 2.24) is 25.9 Å². The van der Waals surface area contributed by atoms with Gasteiger partial charge in [0.15, 0.2) is 9.84 Å². The number of aromatic nitrogens is 2. The molecule has 0 bridgehead atoms. The molecule has 2 aromatic heterocycles. The molecular formula is C39H48N6O10S2. The first-order valence-corrected chi connectivity index (χ1v) is 21.1. The van der Waals surface area contributed by atoms with E-state index in [2.05, 4.69) is 25.9 Å². The number of hydrogen-bond acceptors (Lipinski definition) is 12. The van der Waals surface area contributed by atoms with Gasteiger partial charge in [0.2, 0.25) is 23.6 Å². The Balaban J connectivity index is 1.17. The number of benzene rings is 1. The summed E-state index contributed by atoms with van der Waals surface area (Å²) in [5, 5.41) is 17.1. The first kappa shape index (κ1) is 43.2. The van der Waals surface area contributed by atoms with Crippen molar-refractivity contribution in [2.75, 3.05) is 56.7 Å². The highest BCUT2D eigenvalue weighted by molar-refractivity contribution is 8.02. The molecule has 1 saturated heterocycles. The molecule has 1 aromatic carbocycles. The van der Waals surface area contributed by atoms with Crippen molar-refractivity contribution in [3.8, 4) is 0 Å². The van der Waals surface area contributed by atoms with E-state index in [9.17, 15) is 37.5 Å². The molecule has 16 nitrogen and oxygen atoms in total. The molecule has 4 N–H and O–H groups in total. The molecule has 5 rings (SSSR count). The van der Waals surface area contributed by atoms with Crippen molar-refractivity contribution in [1.29, 1.82) is 0 Å². The van der Waals surface area contributed by atoms with E-state index in [1.165, 1.54) is 41.2 Å². The second kappa shape index (κ2) is 19.5. The van der Waals surface area contributed by atoms with Crippen molar-refractivity contribution in [2.24, 2.45) is 5.92 Å². The highest BCUT2D eigenvalue weighted by atomic mass is 32.2. The smallest absolute Gasteiger partial charge is 0.326 e. The number of nitrogens with zero attached hydrogens (tertiary/aromatic N) is 3. The van der Waals surface area contributed by atoms with E-state index >= 15 is 0 Å². The molecule has 0 saturated carbocycles. The summed E-state index contributed by atoms with van der Waals surface area (Å²) in [4.78, 5) is 74.0. The monoisotopic (exact) mass is 824 g/mol. The number of sulfone groups is 1. The fourth-order valence-corrected chi connectivity index (χ4v) is 10.8. The third kappa shape index (κ3) is 10.7. The standard InChI is InChI=1S/C39H48N6O10S2/c1-4-41-31(46)13-17-54-19-20-55-18-16-42-32(47)23-45-29-8-6-15-43-35(29)33(37(45)49)26-11-9-25(10-12-26)21-28(38(50)51)44-36(48)34-30(24-56-39(34,2)3)57(52,53)27-7-5-14-40-22-27/h5-12,14-15,22,28,30,33-34H,4,13,16-21,23-24H2,1-3H3,(H,41,46)(H,42,47)(H,44,48)(H,50,51)/t28-,30?,33?,34+/m0/s1. The van der Waals surface area contributed by atoms with Crippen LogP contribution in [0.25, 0.3) is 0 Å². The third-order valence-electron chi connectivity index (χ3n) is 9.73. The van der Waals surface area contributed by atoms with Crippen LogP contribution in [0, 0.1) is 5.92 Å². The maximum absolute atomic E-state index is 13.8. The Morgan fingerprint density at radius 2 is 1.70 bits per heavy atom. The predicted octanol–water partition coefficient (Wildman–Crippen LogP) is 1.73. The largest absolute Gasteiger partial charge is 0.480 e. The Hall–Kier alpha value is -4.91. The molecule has 2 unspecified atom stereocenters. The zero-order valence-corrected chi connectivity index (χ0v) is 33.6. The normalized spacial score (nSPS) is 19.1. The summed E-state index contributed by atoms with van der Waals surface area (Å²) >= 11 is 1.34. The average Bonchev–Trinajstić information content (AvgIpc) is 3.66. The van der Waals surface area contributed by atoms with Gasteiger partial charge >= 0.3 is 5.97 Å². The highest BCUT2D eigenvalue weighted by Crippen LogP contribution is 2.47. The summed E-state index contributed by atoms with van der Waals surface area (Å²) < 4.78 is 37.2. The van der Waals surface area contributed by atoms with Gasteiger partial charge in [-0.05, 0) is 56.2 Å². The molecule has 4 amide bonds. The summed E-state index contributed by atoms with van der Waals surface area (Å²) in [7, 11) is -3.95. The molecule has 1 fully saturated rings. The molecule has 2 aliphatic rings. The van der Waals surface area contributed by atoms with Crippen molar-refractivity contribution in [3.05, 3.63) is 83.9 Å². The number of carbonyl (C=O) groups excluding carboxylic acids is 4. The number of fused-ring (bicyclic) bond motifs is 1. The molecule has 18 heteroatoms. The zero-order valence-electron chi connectivity index (χ0n) is 32.0.